The highest BCUT2D eigenvalue weighted by molar-refractivity contribution is 6.35. The SMILES string of the molecule is CCC1CCC(C#N)(NC(=O)c2cc(Cl)ncc2Cl)CC1. The number of nitrogens with one attached hydrogen (secondary N) is 1. The lowest BCUT2D eigenvalue weighted by molar-refractivity contribution is 0.0891. The van der Waals surface area contributed by atoms with Gasteiger partial charge < -0.3 is 5.32 Å². The molecule has 0 aromatic carbocycles. The summed E-state index contributed by atoms with van der Waals surface area (Å²) in [6.45, 7) is 2.15. The van der Waals surface area contributed by atoms with Gasteiger partial charge in [0.15, 0.2) is 0 Å². The molecule has 1 saturated carbocycles. The second kappa shape index (κ2) is 6.64. The van der Waals surface area contributed by atoms with E-state index >= 15 is 0 Å². The molecule has 1 aliphatic rings. The number of nitrogens with zero attached hydrogens (tertiary/aromatic N) is 2. The van der Waals surface area contributed by atoms with Crippen molar-refractivity contribution >= 4 is 29.1 Å². The molecule has 0 aliphatic heterocycles. The molecule has 0 spiro atoms. The van der Waals surface area contributed by atoms with Gasteiger partial charge in [-0.05, 0) is 37.7 Å². The molecule has 1 fully saturated rings. The normalized spacial score (nSPS) is 25.1. The number of pyridine rings is 1. The molecule has 2 rings (SSSR count). The number of aromatic nitrogens is 1. The molecule has 1 amide bonds. The highest BCUT2D eigenvalue weighted by atomic mass is 35.5. The minimum atomic E-state index is -0.804. The fourth-order valence-electron chi connectivity index (χ4n) is 2.72. The molecular formula is C15H17Cl2N3O. The smallest absolute Gasteiger partial charge is 0.254 e. The van der Waals surface area contributed by atoms with Gasteiger partial charge in [0, 0.05) is 6.20 Å². The zero-order chi connectivity index (χ0) is 15.5. The van der Waals surface area contributed by atoms with Gasteiger partial charge in [0.25, 0.3) is 5.91 Å². The van der Waals surface area contributed by atoms with Crippen LogP contribution in [0.3, 0.4) is 0 Å². The summed E-state index contributed by atoms with van der Waals surface area (Å²) in [5, 5.41) is 12.8. The summed E-state index contributed by atoms with van der Waals surface area (Å²) in [6, 6.07) is 3.69. The quantitative estimate of drug-likeness (QED) is 0.854. The molecule has 6 heteroatoms. The van der Waals surface area contributed by atoms with Crippen molar-refractivity contribution in [2.45, 2.75) is 44.6 Å². The number of carbonyl (C=O) groups excluding carboxylic acids is 1. The van der Waals surface area contributed by atoms with Crippen molar-refractivity contribution in [3.63, 3.8) is 0 Å². The summed E-state index contributed by atoms with van der Waals surface area (Å²) < 4.78 is 0. The zero-order valence-corrected chi connectivity index (χ0v) is 13.3. The van der Waals surface area contributed by atoms with E-state index in [0.29, 0.717) is 18.8 Å². The van der Waals surface area contributed by atoms with Crippen LogP contribution in [-0.2, 0) is 0 Å². The van der Waals surface area contributed by atoms with Gasteiger partial charge in [-0.2, -0.15) is 5.26 Å². The standard InChI is InChI=1S/C15H17Cl2N3O/c1-2-10-3-5-15(9-18,6-4-10)20-14(21)11-7-13(17)19-8-12(11)16/h7-8,10H,2-6H2,1H3,(H,20,21). The molecule has 1 heterocycles. The van der Waals surface area contributed by atoms with Crippen LogP contribution >= 0.6 is 23.2 Å². The van der Waals surface area contributed by atoms with E-state index in [9.17, 15) is 10.1 Å². The molecule has 1 aromatic rings. The lowest BCUT2D eigenvalue weighted by Gasteiger charge is -2.35. The zero-order valence-electron chi connectivity index (χ0n) is 11.8. The van der Waals surface area contributed by atoms with Gasteiger partial charge in [-0.3, -0.25) is 4.79 Å². The molecule has 112 valence electrons. The van der Waals surface area contributed by atoms with Gasteiger partial charge in [0.05, 0.1) is 16.7 Å². The Morgan fingerprint density at radius 1 is 1.52 bits per heavy atom. The Hall–Kier alpha value is -1.31. The van der Waals surface area contributed by atoms with Crippen molar-refractivity contribution in [2.24, 2.45) is 5.92 Å². The average molecular weight is 326 g/mol. The Kier molecular flexibility index (Phi) is 5.08. The number of carbonyl (C=O) groups is 1. The molecule has 21 heavy (non-hydrogen) atoms. The average Bonchev–Trinajstić information content (AvgIpc) is 2.50. The number of rotatable bonds is 3. The van der Waals surface area contributed by atoms with Crippen LogP contribution in [0.25, 0.3) is 0 Å². The summed E-state index contributed by atoms with van der Waals surface area (Å²) in [4.78, 5) is 16.2. The topological polar surface area (TPSA) is 65.8 Å². The maximum absolute atomic E-state index is 12.4. The van der Waals surface area contributed by atoms with E-state index in [1.807, 2.05) is 0 Å². The number of amides is 1. The van der Waals surface area contributed by atoms with Crippen LogP contribution in [-0.4, -0.2) is 16.4 Å². The number of hydrogen-bond donors (Lipinski definition) is 1. The van der Waals surface area contributed by atoms with Crippen LogP contribution < -0.4 is 5.32 Å². The van der Waals surface area contributed by atoms with E-state index in [1.165, 1.54) is 12.3 Å². The lowest BCUT2D eigenvalue weighted by atomic mass is 9.76. The third-order valence-corrected chi connectivity index (χ3v) is 4.68. The Balaban J connectivity index is 2.14. The monoisotopic (exact) mass is 325 g/mol. The van der Waals surface area contributed by atoms with Gasteiger partial charge in [-0.25, -0.2) is 4.98 Å². The minimum absolute atomic E-state index is 0.199. The van der Waals surface area contributed by atoms with Crippen molar-refractivity contribution in [1.29, 1.82) is 5.26 Å². The Morgan fingerprint density at radius 2 is 2.19 bits per heavy atom. The Bertz CT molecular complexity index is 575. The molecular weight excluding hydrogens is 309 g/mol. The molecule has 4 nitrogen and oxygen atoms in total. The molecule has 0 radical (unpaired) electrons. The van der Waals surface area contributed by atoms with E-state index in [0.717, 1.165) is 19.3 Å². The molecule has 0 bridgehead atoms. The van der Waals surface area contributed by atoms with Crippen LogP contribution in [0, 0.1) is 17.2 Å². The van der Waals surface area contributed by atoms with Crippen molar-refractivity contribution in [1.82, 2.24) is 10.3 Å². The number of halogens is 2. The van der Waals surface area contributed by atoms with Crippen LogP contribution in [0.4, 0.5) is 0 Å². The summed E-state index contributed by atoms with van der Waals surface area (Å²) in [7, 11) is 0. The predicted molar refractivity (Wildman–Crippen MR) is 82.3 cm³/mol. The molecule has 0 unspecified atom stereocenters. The van der Waals surface area contributed by atoms with E-state index in [4.69, 9.17) is 23.2 Å². The van der Waals surface area contributed by atoms with Crippen molar-refractivity contribution in [2.75, 3.05) is 0 Å². The summed E-state index contributed by atoms with van der Waals surface area (Å²) in [6.07, 6.45) is 5.70. The third-order valence-electron chi connectivity index (χ3n) is 4.17. The van der Waals surface area contributed by atoms with Gasteiger partial charge in [0.1, 0.15) is 10.7 Å². The van der Waals surface area contributed by atoms with Crippen molar-refractivity contribution in [3.05, 3.63) is 28.0 Å². The molecule has 1 aromatic heterocycles. The molecule has 0 atom stereocenters. The van der Waals surface area contributed by atoms with Crippen molar-refractivity contribution < 1.29 is 4.79 Å². The Labute approximate surface area is 134 Å². The van der Waals surface area contributed by atoms with Crippen LogP contribution in [0.15, 0.2) is 12.3 Å². The van der Waals surface area contributed by atoms with Crippen LogP contribution in [0.1, 0.15) is 49.4 Å². The highest BCUT2D eigenvalue weighted by Crippen LogP contribution is 2.33. The van der Waals surface area contributed by atoms with Gasteiger partial charge in [0.2, 0.25) is 0 Å². The minimum Gasteiger partial charge on any atom is -0.334 e. The molecule has 1 N–H and O–H groups in total. The van der Waals surface area contributed by atoms with E-state index in [2.05, 4.69) is 23.3 Å². The first-order valence-corrected chi connectivity index (χ1v) is 7.80. The summed E-state index contributed by atoms with van der Waals surface area (Å²) in [5.41, 5.74) is -0.550. The lowest BCUT2D eigenvalue weighted by Crippen LogP contribution is -2.49. The van der Waals surface area contributed by atoms with E-state index < -0.39 is 5.54 Å². The predicted octanol–water partition coefficient (Wildman–Crippen LogP) is 3.98. The fourth-order valence-corrected chi connectivity index (χ4v) is 3.06. The van der Waals surface area contributed by atoms with Crippen LogP contribution in [0.2, 0.25) is 10.2 Å². The number of nitriles is 1. The third kappa shape index (κ3) is 3.66. The van der Waals surface area contributed by atoms with Crippen LogP contribution in [0.5, 0.6) is 0 Å². The van der Waals surface area contributed by atoms with E-state index in [1.54, 1.807) is 0 Å². The van der Waals surface area contributed by atoms with E-state index in [-0.39, 0.29) is 21.6 Å². The largest absolute Gasteiger partial charge is 0.334 e. The van der Waals surface area contributed by atoms with Gasteiger partial charge in [-0.1, -0.05) is 36.5 Å². The fraction of sp³-hybridized carbons (Fsp3) is 0.533. The number of hydrogen-bond acceptors (Lipinski definition) is 3. The van der Waals surface area contributed by atoms with Gasteiger partial charge in [-0.15, -0.1) is 0 Å². The van der Waals surface area contributed by atoms with Gasteiger partial charge >= 0.3 is 0 Å². The molecule has 0 saturated heterocycles. The Morgan fingerprint density at radius 3 is 2.76 bits per heavy atom. The summed E-state index contributed by atoms with van der Waals surface area (Å²) in [5.74, 6) is 0.267. The molecule has 1 aliphatic carbocycles. The maximum atomic E-state index is 12.4. The summed E-state index contributed by atoms with van der Waals surface area (Å²) >= 11 is 11.8. The maximum Gasteiger partial charge on any atom is 0.254 e. The first-order chi connectivity index (χ1) is 9.99. The highest BCUT2D eigenvalue weighted by Gasteiger charge is 2.36. The second-order valence-corrected chi connectivity index (χ2v) is 6.28. The first kappa shape index (κ1) is 16.1. The second-order valence-electron chi connectivity index (χ2n) is 5.49. The van der Waals surface area contributed by atoms with Crippen molar-refractivity contribution in [3.8, 4) is 6.07 Å². The first-order valence-electron chi connectivity index (χ1n) is 7.04.